The molecule has 9 heteroatoms. The van der Waals surface area contributed by atoms with Crippen molar-refractivity contribution < 1.29 is 18.7 Å². The van der Waals surface area contributed by atoms with Crippen LogP contribution in [0.4, 0.5) is 26.2 Å². The fourth-order valence-corrected chi connectivity index (χ4v) is 5.97. The van der Waals surface area contributed by atoms with Gasteiger partial charge in [-0.2, -0.15) is 0 Å². The first kappa shape index (κ1) is 27.8. The van der Waals surface area contributed by atoms with Crippen LogP contribution in [-0.4, -0.2) is 18.9 Å². The zero-order valence-corrected chi connectivity index (χ0v) is 24.0. The lowest BCUT2D eigenvalue weighted by molar-refractivity contribution is -0.116. The second kappa shape index (κ2) is 11.5. The molecule has 0 saturated carbocycles. The first-order valence-corrected chi connectivity index (χ1v) is 14.1. The number of nitrogens with zero attached hydrogens (tertiary/aromatic N) is 1. The van der Waals surface area contributed by atoms with Gasteiger partial charge >= 0.3 is 6.03 Å². The lowest BCUT2D eigenvalue weighted by atomic mass is 9.78. The maximum absolute atomic E-state index is 14.7. The number of amides is 2. The van der Waals surface area contributed by atoms with Crippen molar-refractivity contribution in [3.63, 3.8) is 0 Å². The van der Waals surface area contributed by atoms with E-state index in [1.54, 1.807) is 43.5 Å². The number of ketones is 1. The van der Waals surface area contributed by atoms with Crippen molar-refractivity contribution in [2.24, 2.45) is 0 Å². The molecule has 1 aliphatic heterocycles. The van der Waals surface area contributed by atoms with Gasteiger partial charge in [-0.15, -0.1) is 0 Å². The maximum atomic E-state index is 14.7. The van der Waals surface area contributed by atoms with Gasteiger partial charge in [0.25, 0.3) is 0 Å². The second-order valence-corrected chi connectivity index (χ2v) is 11.0. The Bertz CT molecular complexity index is 1720. The first-order chi connectivity index (χ1) is 20.3. The third kappa shape index (κ3) is 5.33. The molecule has 0 fully saturated rings. The standard InChI is InChI=1S/C33H26Cl2FN3O3/c1-42-24-12-9-19(10-13-24)21-16-28-31(30(40)17-21)32(20-5-4-6-22(36)15-20)39(29-8-3-2-7-27(29)38-28)33(41)37-23-11-14-25(34)26(35)18-23/h2-15,18,21,32,38H,16-17H2,1H3,(H,37,41)/t21-,32+/m0/s1. The van der Waals surface area contributed by atoms with Crippen LogP contribution >= 0.6 is 23.2 Å². The van der Waals surface area contributed by atoms with Gasteiger partial charge in [0.15, 0.2) is 5.78 Å². The highest BCUT2D eigenvalue weighted by atomic mass is 35.5. The third-order valence-electron chi connectivity index (χ3n) is 7.63. The zero-order chi connectivity index (χ0) is 29.4. The lowest BCUT2D eigenvalue weighted by Crippen LogP contribution is -2.41. The summed E-state index contributed by atoms with van der Waals surface area (Å²) in [5.74, 6) is 0.0481. The summed E-state index contributed by atoms with van der Waals surface area (Å²) < 4.78 is 20.0. The molecule has 6 rings (SSSR count). The molecule has 0 aromatic heterocycles. The van der Waals surface area contributed by atoms with E-state index in [-0.39, 0.29) is 23.1 Å². The fourth-order valence-electron chi connectivity index (χ4n) is 5.68. The van der Waals surface area contributed by atoms with Crippen LogP contribution in [0, 0.1) is 5.82 Å². The number of para-hydroxylation sites is 2. The number of benzene rings is 4. The van der Waals surface area contributed by atoms with Crippen molar-refractivity contribution in [1.29, 1.82) is 0 Å². The number of anilines is 3. The van der Waals surface area contributed by atoms with Crippen molar-refractivity contribution in [2.45, 2.75) is 24.8 Å². The van der Waals surface area contributed by atoms with Crippen molar-refractivity contribution in [1.82, 2.24) is 0 Å². The van der Waals surface area contributed by atoms with Gasteiger partial charge in [0.2, 0.25) is 0 Å². The van der Waals surface area contributed by atoms with Gasteiger partial charge in [-0.05, 0) is 78.1 Å². The molecule has 0 unspecified atom stereocenters. The summed E-state index contributed by atoms with van der Waals surface area (Å²) in [5.41, 5.74) is 4.20. The highest BCUT2D eigenvalue weighted by Crippen LogP contribution is 2.47. The molecule has 2 atom stereocenters. The molecule has 42 heavy (non-hydrogen) atoms. The highest BCUT2D eigenvalue weighted by Gasteiger charge is 2.42. The summed E-state index contributed by atoms with van der Waals surface area (Å²) in [4.78, 5) is 29.8. The number of methoxy groups -OCH3 is 1. The smallest absolute Gasteiger partial charge is 0.327 e. The molecule has 2 amide bonds. The molecule has 6 nitrogen and oxygen atoms in total. The lowest BCUT2D eigenvalue weighted by Gasteiger charge is -2.35. The second-order valence-electron chi connectivity index (χ2n) is 10.2. The number of hydrogen-bond donors (Lipinski definition) is 2. The van der Waals surface area contributed by atoms with Crippen molar-refractivity contribution in [3.8, 4) is 5.75 Å². The molecule has 1 aliphatic carbocycles. The Morgan fingerprint density at radius 3 is 2.45 bits per heavy atom. The molecule has 212 valence electrons. The van der Waals surface area contributed by atoms with Crippen LogP contribution in [0.1, 0.15) is 35.9 Å². The number of hydrogen-bond acceptors (Lipinski definition) is 4. The monoisotopic (exact) mass is 601 g/mol. The van der Waals surface area contributed by atoms with E-state index in [2.05, 4.69) is 10.6 Å². The van der Waals surface area contributed by atoms with E-state index in [9.17, 15) is 14.0 Å². The summed E-state index contributed by atoms with van der Waals surface area (Å²) in [6, 6.07) is 24.4. The molecule has 1 heterocycles. The molecule has 0 radical (unpaired) electrons. The summed E-state index contributed by atoms with van der Waals surface area (Å²) in [7, 11) is 1.61. The maximum Gasteiger partial charge on any atom is 0.327 e. The fraction of sp³-hybridized carbons (Fsp3) is 0.152. The SMILES string of the molecule is COc1ccc([C@@H]2CC(=O)C3=C(C2)Nc2ccccc2N(C(=O)Nc2ccc(Cl)c(Cl)c2)[C@@H]3c2cccc(F)c2)cc1. The van der Waals surface area contributed by atoms with E-state index in [0.29, 0.717) is 45.3 Å². The molecular formula is C33H26Cl2FN3O3. The number of fused-ring (bicyclic) bond motifs is 1. The number of rotatable bonds is 4. The quantitative estimate of drug-likeness (QED) is 0.245. The normalized spacial score (nSPS) is 18.0. The predicted octanol–water partition coefficient (Wildman–Crippen LogP) is 8.75. The van der Waals surface area contributed by atoms with Crippen LogP contribution in [0.2, 0.25) is 10.0 Å². The predicted molar refractivity (Wildman–Crippen MR) is 164 cm³/mol. The van der Waals surface area contributed by atoms with E-state index in [0.717, 1.165) is 11.3 Å². The average molecular weight is 602 g/mol. The summed E-state index contributed by atoms with van der Waals surface area (Å²) in [5, 5.41) is 7.00. The molecule has 0 spiro atoms. The Hall–Kier alpha value is -4.33. The average Bonchev–Trinajstić information content (AvgIpc) is 3.14. The van der Waals surface area contributed by atoms with Crippen LogP contribution in [0.3, 0.4) is 0 Å². The molecule has 0 saturated heterocycles. The largest absolute Gasteiger partial charge is 0.497 e. The van der Waals surface area contributed by atoms with E-state index >= 15 is 0 Å². The Kier molecular flexibility index (Phi) is 7.62. The number of nitrogens with one attached hydrogen (secondary N) is 2. The number of urea groups is 1. The number of carbonyl (C=O) groups is 2. The van der Waals surface area contributed by atoms with Crippen LogP contribution in [-0.2, 0) is 4.79 Å². The van der Waals surface area contributed by atoms with Gasteiger partial charge in [0, 0.05) is 23.4 Å². The third-order valence-corrected chi connectivity index (χ3v) is 8.37. The molecular weight excluding hydrogens is 576 g/mol. The molecule has 2 N–H and O–H groups in total. The summed E-state index contributed by atoms with van der Waals surface area (Å²) >= 11 is 12.3. The van der Waals surface area contributed by atoms with Crippen molar-refractivity contribution in [3.05, 3.63) is 129 Å². The number of ether oxygens (including phenoxy) is 1. The summed E-state index contributed by atoms with van der Waals surface area (Å²) in [6.45, 7) is 0. The molecule has 4 aromatic rings. The van der Waals surface area contributed by atoms with Crippen LogP contribution < -0.4 is 20.3 Å². The molecule has 0 bridgehead atoms. The topological polar surface area (TPSA) is 70.7 Å². The van der Waals surface area contributed by atoms with E-state index < -0.39 is 17.9 Å². The van der Waals surface area contributed by atoms with Crippen molar-refractivity contribution in [2.75, 3.05) is 22.6 Å². The van der Waals surface area contributed by atoms with Gasteiger partial charge in [0.05, 0.1) is 34.6 Å². The Morgan fingerprint density at radius 1 is 0.929 bits per heavy atom. The van der Waals surface area contributed by atoms with E-state index in [4.69, 9.17) is 27.9 Å². The Balaban J connectivity index is 1.49. The minimum atomic E-state index is -0.904. The van der Waals surface area contributed by atoms with E-state index in [1.807, 2.05) is 42.5 Å². The minimum Gasteiger partial charge on any atom is -0.497 e. The number of Topliss-reactive ketones (excluding diaryl/α,β-unsaturated/α-hetero) is 1. The van der Waals surface area contributed by atoms with Crippen LogP contribution in [0.15, 0.2) is 102 Å². The highest BCUT2D eigenvalue weighted by molar-refractivity contribution is 6.42. The van der Waals surface area contributed by atoms with Gasteiger partial charge in [0.1, 0.15) is 11.6 Å². The van der Waals surface area contributed by atoms with Gasteiger partial charge in [-0.3, -0.25) is 9.69 Å². The van der Waals surface area contributed by atoms with Gasteiger partial charge in [-0.1, -0.05) is 59.6 Å². The van der Waals surface area contributed by atoms with Crippen LogP contribution in [0.25, 0.3) is 0 Å². The van der Waals surface area contributed by atoms with Crippen LogP contribution in [0.5, 0.6) is 5.75 Å². The van der Waals surface area contributed by atoms with Crippen molar-refractivity contribution >= 4 is 52.1 Å². The van der Waals surface area contributed by atoms with Gasteiger partial charge < -0.3 is 15.4 Å². The molecule has 2 aliphatic rings. The zero-order valence-electron chi connectivity index (χ0n) is 22.5. The molecule has 4 aromatic carbocycles. The Morgan fingerprint density at radius 2 is 1.71 bits per heavy atom. The summed E-state index contributed by atoms with van der Waals surface area (Å²) in [6.07, 6.45) is 0.757. The number of allylic oxidation sites excluding steroid dienone is 1. The first-order valence-electron chi connectivity index (χ1n) is 13.4. The number of halogens is 3. The number of carbonyl (C=O) groups excluding carboxylic acids is 2. The van der Waals surface area contributed by atoms with Gasteiger partial charge in [-0.25, -0.2) is 9.18 Å². The minimum absolute atomic E-state index is 0.0911. The Labute approximate surface area is 252 Å². The van der Waals surface area contributed by atoms with E-state index in [1.165, 1.54) is 17.0 Å².